The summed E-state index contributed by atoms with van der Waals surface area (Å²) in [6, 6.07) is 0. The van der Waals surface area contributed by atoms with Crippen LogP contribution in [0.2, 0.25) is 0 Å². The molecule has 0 aromatic carbocycles. The standard InChI is InChI=1S/C15H28N2O3/c1-19-12-13-3-2-9-17(11-13)15(18)6-10-20-14-4-7-16-8-5-14/h13-14,16H,2-12H2,1H3. The fourth-order valence-electron chi connectivity index (χ4n) is 3.10. The predicted octanol–water partition coefficient (Wildman–Crippen LogP) is 1.03. The van der Waals surface area contributed by atoms with Crippen molar-refractivity contribution < 1.29 is 14.3 Å². The van der Waals surface area contributed by atoms with Crippen molar-refractivity contribution >= 4 is 5.91 Å². The molecule has 0 spiro atoms. The number of hydrogen-bond acceptors (Lipinski definition) is 4. The number of rotatable bonds is 6. The Bertz CT molecular complexity index is 291. The highest BCUT2D eigenvalue weighted by Gasteiger charge is 2.23. The van der Waals surface area contributed by atoms with E-state index in [0.717, 1.165) is 52.0 Å². The summed E-state index contributed by atoms with van der Waals surface area (Å²) < 4.78 is 11.0. The van der Waals surface area contributed by atoms with E-state index in [4.69, 9.17) is 9.47 Å². The Labute approximate surface area is 122 Å². The lowest BCUT2D eigenvalue weighted by Crippen LogP contribution is -2.41. The van der Waals surface area contributed by atoms with Crippen LogP contribution in [0.5, 0.6) is 0 Å². The monoisotopic (exact) mass is 284 g/mol. The van der Waals surface area contributed by atoms with Crippen LogP contribution < -0.4 is 5.32 Å². The highest BCUT2D eigenvalue weighted by atomic mass is 16.5. The van der Waals surface area contributed by atoms with Crippen molar-refractivity contribution in [2.75, 3.05) is 46.5 Å². The van der Waals surface area contributed by atoms with Gasteiger partial charge in [0.1, 0.15) is 0 Å². The maximum absolute atomic E-state index is 12.2. The first-order valence-corrected chi connectivity index (χ1v) is 7.88. The van der Waals surface area contributed by atoms with Gasteiger partial charge in [0.05, 0.1) is 25.7 Å². The number of amides is 1. The third-order valence-corrected chi connectivity index (χ3v) is 4.23. The lowest BCUT2D eigenvalue weighted by molar-refractivity contribution is -0.135. The van der Waals surface area contributed by atoms with E-state index in [1.165, 1.54) is 6.42 Å². The molecule has 2 aliphatic rings. The summed E-state index contributed by atoms with van der Waals surface area (Å²) in [4.78, 5) is 14.2. The fraction of sp³-hybridized carbons (Fsp3) is 0.933. The van der Waals surface area contributed by atoms with Gasteiger partial charge in [0.25, 0.3) is 0 Å². The van der Waals surface area contributed by atoms with Crippen LogP contribution in [0.15, 0.2) is 0 Å². The van der Waals surface area contributed by atoms with Gasteiger partial charge < -0.3 is 19.7 Å². The van der Waals surface area contributed by atoms with Crippen LogP contribution in [0.25, 0.3) is 0 Å². The van der Waals surface area contributed by atoms with Crippen molar-refractivity contribution in [1.82, 2.24) is 10.2 Å². The van der Waals surface area contributed by atoms with Gasteiger partial charge in [0.2, 0.25) is 5.91 Å². The van der Waals surface area contributed by atoms with E-state index in [1.807, 2.05) is 4.90 Å². The van der Waals surface area contributed by atoms with Crippen molar-refractivity contribution in [3.05, 3.63) is 0 Å². The Balaban J connectivity index is 1.63. The Morgan fingerprint density at radius 1 is 1.30 bits per heavy atom. The molecule has 0 saturated carbocycles. The maximum atomic E-state index is 12.2. The van der Waals surface area contributed by atoms with Crippen LogP contribution in [0.4, 0.5) is 0 Å². The van der Waals surface area contributed by atoms with Gasteiger partial charge in [-0.05, 0) is 44.7 Å². The van der Waals surface area contributed by atoms with Crippen LogP contribution in [0.1, 0.15) is 32.1 Å². The second-order valence-electron chi connectivity index (χ2n) is 5.87. The van der Waals surface area contributed by atoms with E-state index in [-0.39, 0.29) is 5.91 Å². The molecule has 0 aromatic rings. The van der Waals surface area contributed by atoms with E-state index in [0.29, 0.717) is 25.0 Å². The molecular weight excluding hydrogens is 256 g/mol. The zero-order valence-corrected chi connectivity index (χ0v) is 12.6. The molecule has 2 aliphatic heterocycles. The second kappa shape index (κ2) is 8.60. The quantitative estimate of drug-likeness (QED) is 0.791. The van der Waals surface area contributed by atoms with Gasteiger partial charge in [-0.2, -0.15) is 0 Å². The molecule has 2 saturated heterocycles. The summed E-state index contributed by atoms with van der Waals surface area (Å²) in [5.41, 5.74) is 0. The minimum atomic E-state index is 0.236. The van der Waals surface area contributed by atoms with Gasteiger partial charge in [-0.3, -0.25) is 4.79 Å². The van der Waals surface area contributed by atoms with Crippen LogP contribution in [0.3, 0.4) is 0 Å². The van der Waals surface area contributed by atoms with Gasteiger partial charge in [-0.1, -0.05) is 0 Å². The normalized spacial score (nSPS) is 24.9. The van der Waals surface area contributed by atoms with Gasteiger partial charge in [0.15, 0.2) is 0 Å². The third-order valence-electron chi connectivity index (χ3n) is 4.23. The number of ether oxygens (including phenoxy) is 2. The summed E-state index contributed by atoms with van der Waals surface area (Å²) in [6.45, 7) is 5.13. The summed E-state index contributed by atoms with van der Waals surface area (Å²) in [5.74, 6) is 0.739. The molecule has 2 fully saturated rings. The Hall–Kier alpha value is -0.650. The first-order chi connectivity index (χ1) is 9.79. The Morgan fingerprint density at radius 3 is 2.85 bits per heavy atom. The fourth-order valence-corrected chi connectivity index (χ4v) is 3.10. The van der Waals surface area contributed by atoms with E-state index >= 15 is 0 Å². The van der Waals surface area contributed by atoms with E-state index in [9.17, 15) is 4.79 Å². The number of nitrogens with one attached hydrogen (secondary N) is 1. The first-order valence-electron chi connectivity index (χ1n) is 7.88. The Kier molecular flexibility index (Phi) is 6.76. The topological polar surface area (TPSA) is 50.8 Å². The number of piperidine rings is 2. The van der Waals surface area contributed by atoms with Gasteiger partial charge in [0, 0.05) is 20.2 Å². The number of carbonyl (C=O) groups is 1. The van der Waals surface area contributed by atoms with Gasteiger partial charge in [-0.25, -0.2) is 0 Å². The zero-order chi connectivity index (χ0) is 14.2. The van der Waals surface area contributed by atoms with Crippen molar-refractivity contribution in [3.8, 4) is 0 Å². The van der Waals surface area contributed by atoms with Gasteiger partial charge in [-0.15, -0.1) is 0 Å². The molecule has 20 heavy (non-hydrogen) atoms. The highest BCUT2D eigenvalue weighted by Crippen LogP contribution is 2.17. The largest absolute Gasteiger partial charge is 0.384 e. The lowest BCUT2D eigenvalue weighted by Gasteiger charge is -2.32. The van der Waals surface area contributed by atoms with E-state index in [1.54, 1.807) is 7.11 Å². The molecule has 1 atom stereocenters. The Morgan fingerprint density at radius 2 is 2.10 bits per heavy atom. The molecule has 1 unspecified atom stereocenters. The molecule has 2 rings (SSSR count). The number of carbonyl (C=O) groups excluding carboxylic acids is 1. The molecule has 0 aliphatic carbocycles. The van der Waals surface area contributed by atoms with Crippen LogP contribution in [0, 0.1) is 5.92 Å². The zero-order valence-electron chi connectivity index (χ0n) is 12.6. The first kappa shape index (κ1) is 15.7. The molecule has 5 heteroatoms. The minimum absolute atomic E-state index is 0.236. The maximum Gasteiger partial charge on any atom is 0.224 e. The highest BCUT2D eigenvalue weighted by molar-refractivity contribution is 5.76. The predicted molar refractivity (Wildman–Crippen MR) is 77.6 cm³/mol. The number of hydrogen-bond donors (Lipinski definition) is 1. The summed E-state index contributed by atoms with van der Waals surface area (Å²) in [5, 5.41) is 3.32. The summed E-state index contributed by atoms with van der Waals surface area (Å²) in [6.07, 6.45) is 5.25. The lowest BCUT2D eigenvalue weighted by atomic mass is 9.99. The SMILES string of the molecule is COCC1CCCN(C(=O)CCOC2CCNCC2)C1. The van der Waals surface area contributed by atoms with Crippen LogP contribution in [-0.2, 0) is 14.3 Å². The number of nitrogens with zero attached hydrogens (tertiary/aromatic N) is 1. The molecular formula is C15H28N2O3. The minimum Gasteiger partial charge on any atom is -0.384 e. The molecule has 0 bridgehead atoms. The smallest absolute Gasteiger partial charge is 0.224 e. The van der Waals surface area contributed by atoms with Crippen molar-refractivity contribution in [3.63, 3.8) is 0 Å². The molecule has 5 nitrogen and oxygen atoms in total. The molecule has 1 N–H and O–H groups in total. The van der Waals surface area contributed by atoms with Gasteiger partial charge >= 0.3 is 0 Å². The summed E-state index contributed by atoms with van der Waals surface area (Å²) >= 11 is 0. The second-order valence-corrected chi connectivity index (χ2v) is 5.87. The van der Waals surface area contributed by atoms with E-state index in [2.05, 4.69) is 5.32 Å². The molecule has 0 radical (unpaired) electrons. The number of likely N-dealkylation sites (tertiary alicyclic amines) is 1. The molecule has 1 amide bonds. The molecule has 0 aromatic heterocycles. The summed E-state index contributed by atoms with van der Waals surface area (Å²) in [7, 11) is 1.73. The number of methoxy groups -OCH3 is 1. The van der Waals surface area contributed by atoms with Crippen molar-refractivity contribution in [1.29, 1.82) is 0 Å². The molecule has 2 heterocycles. The average Bonchev–Trinajstić information content (AvgIpc) is 2.49. The van der Waals surface area contributed by atoms with Crippen molar-refractivity contribution in [2.45, 2.75) is 38.2 Å². The van der Waals surface area contributed by atoms with E-state index < -0.39 is 0 Å². The van der Waals surface area contributed by atoms with Crippen LogP contribution in [-0.4, -0.2) is 63.4 Å². The van der Waals surface area contributed by atoms with Crippen molar-refractivity contribution in [2.24, 2.45) is 5.92 Å². The average molecular weight is 284 g/mol. The molecule has 116 valence electrons. The van der Waals surface area contributed by atoms with Crippen LogP contribution >= 0.6 is 0 Å². The third kappa shape index (κ3) is 5.04.